The zero-order chi connectivity index (χ0) is 15.3. The molecule has 0 fully saturated rings. The number of hydrogen-bond acceptors (Lipinski definition) is 2. The largest absolute Gasteiger partial charge is 0.242 e. The van der Waals surface area contributed by atoms with Gasteiger partial charge in [-0.25, -0.2) is 12.7 Å². The third-order valence-corrected chi connectivity index (χ3v) is 5.57. The lowest BCUT2D eigenvalue weighted by Crippen LogP contribution is -2.28. The van der Waals surface area contributed by atoms with Crippen LogP contribution in [0.4, 0.5) is 0 Å². The van der Waals surface area contributed by atoms with Gasteiger partial charge in [0.1, 0.15) is 0 Å². The van der Waals surface area contributed by atoms with Gasteiger partial charge in [0.2, 0.25) is 10.0 Å². The molecule has 1 atom stereocenters. The van der Waals surface area contributed by atoms with Gasteiger partial charge in [0.25, 0.3) is 0 Å². The van der Waals surface area contributed by atoms with Gasteiger partial charge in [-0.1, -0.05) is 55.5 Å². The molecular weight excluding hydrogens is 282 g/mol. The summed E-state index contributed by atoms with van der Waals surface area (Å²) >= 11 is 0. The van der Waals surface area contributed by atoms with Crippen LogP contribution in [0.1, 0.15) is 24.8 Å². The van der Waals surface area contributed by atoms with Gasteiger partial charge in [-0.2, -0.15) is 0 Å². The van der Waals surface area contributed by atoms with Crippen LogP contribution in [0, 0.1) is 0 Å². The molecule has 1 unspecified atom stereocenters. The van der Waals surface area contributed by atoms with Crippen molar-refractivity contribution in [1.29, 1.82) is 0 Å². The van der Waals surface area contributed by atoms with E-state index in [1.807, 2.05) is 24.3 Å². The second-order valence-corrected chi connectivity index (χ2v) is 7.28. The second kappa shape index (κ2) is 6.87. The van der Waals surface area contributed by atoms with Crippen molar-refractivity contribution in [3.63, 3.8) is 0 Å². The van der Waals surface area contributed by atoms with Crippen LogP contribution < -0.4 is 0 Å². The zero-order valence-corrected chi connectivity index (χ0v) is 13.3. The molecular formula is C17H21NO2S. The minimum absolute atomic E-state index is 0.333. The van der Waals surface area contributed by atoms with Gasteiger partial charge in [-0.05, 0) is 30.0 Å². The lowest BCUT2D eigenvalue weighted by molar-refractivity contribution is 0.447. The molecule has 0 amide bonds. The Kier molecular flexibility index (Phi) is 5.15. The maximum atomic E-state index is 12.4. The molecule has 2 rings (SSSR count). The molecule has 0 aliphatic heterocycles. The Morgan fingerprint density at radius 2 is 1.48 bits per heavy atom. The maximum Gasteiger partial charge on any atom is 0.242 e. The van der Waals surface area contributed by atoms with Gasteiger partial charge in [0.15, 0.2) is 0 Å². The van der Waals surface area contributed by atoms with Crippen molar-refractivity contribution in [3.05, 3.63) is 66.2 Å². The number of hydrogen-bond donors (Lipinski definition) is 0. The van der Waals surface area contributed by atoms with Crippen LogP contribution in [0.5, 0.6) is 0 Å². The van der Waals surface area contributed by atoms with E-state index in [4.69, 9.17) is 0 Å². The van der Waals surface area contributed by atoms with Gasteiger partial charge in [0.05, 0.1) is 4.90 Å². The van der Waals surface area contributed by atoms with Crippen LogP contribution >= 0.6 is 0 Å². The van der Waals surface area contributed by atoms with Gasteiger partial charge in [-0.15, -0.1) is 0 Å². The van der Waals surface area contributed by atoms with E-state index in [0.29, 0.717) is 17.4 Å². The Hall–Kier alpha value is -1.65. The van der Waals surface area contributed by atoms with Crippen molar-refractivity contribution in [3.8, 4) is 0 Å². The average molecular weight is 303 g/mol. The SMILES string of the molecule is CC(CCN(C)S(=O)(=O)c1ccccc1)c1ccccc1. The molecule has 0 N–H and O–H groups in total. The van der Waals surface area contributed by atoms with E-state index < -0.39 is 10.0 Å². The monoisotopic (exact) mass is 303 g/mol. The quantitative estimate of drug-likeness (QED) is 0.819. The van der Waals surface area contributed by atoms with Crippen molar-refractivity contribution in [2.45, 2.75) is 24.2 Å². The molecule has 0 radical (unpaired) electrons. The van der Waals surface area contributed by atoms with E-state index in [2.05, 4.69) is 19.1 Å². The highest BCUT2D eigenvalue weighted by atomic mass is 32.2. The summed E-state index contributed by atoms with van der Waals surface area (Å²) in [6, 6.07) is 18.7. The molecule has 4 heteroatoms. The number of nitrogens with zero attached hydrogens (tertiary/aromatic N) is 1. The Morgan fingerprint density at radius 1 is 0.952 bits per heavy atom. The van der Waals surface area contributed by atoms with E-state index >= 15 is 0 Å². The van der Waals surface area contributed by atoms with Crippen molar-refractivity contribution in [1.82, 2.24) is 4.31 Å². The number of rotatable bonds is 6. The van der Waals surface area contributed by atoms with Gasteiger partial charge in [0, 0.05) is 13.6 Å². The fraction of sp³-hybridized carbons (Fsp3) is 0.294. The molecule has 0 heterocycles. The molecule has 0 aromatic heterocycles. The van der Waals surface area contributed by atoms with Crippen molar-refractivity contribution in [2.24, 2.45) is 0 Å². The molecule has 21 heavy (non-hydrogen) atoms. The average Bonchev–Trinajstić information content (AvgIpc) is 2.53. The first kappa shape index (κ1) is 15.7. The lowest BCUT2D eigenvalue weighted by atomic mass is 9.98. The summed E-state index contributed by atoms with van der Waals surface area (Å²) in [6.07, 6.45) is 0.798. The van der Waals surface area contributed by atoms with Crippen LogP contribution in [0.2, 0.25) is 0 Å². The summed E-state index contributed by atoms with van der Waals surface area (Å²) in [4.78, 5) is 0.347. The van der Waals surface area contributed by atoms with E-state index in [1.165, 1.54) is 9.87 Å². The summed E-state index contributed by atoms with van der Waals surface area (Å²) in [7, 11) is -1.74. The normalized spacial score (nSPS) is 13.3. The fourth-order valence-corrected chi connectivity index (χ4v) is 3.42. The van der Waals surface area contributed by atoms with Crippen LogP contribution in [0.25, 0.3) is 0 Å². The molecule has 0 aliphatic rings. The minimum atomic E-state index is -3.38. The standard InChI is InChI=1S/C17H21NO2S/c1-15(16-9-5-3-6-10-16)13-14-18(2)21(19,20)17-11-7-4-8-12-17/h3-12,15H,13-14H2,1-2H3. The van der Waals surface area contributed by atoms with Crippen LogP contribution in [-0.2, 0) is 10.0 Å². The lowest BCUT2D eigenvalue weighted by Gasteiger charge is -2.19. The molecule has 3 nitrogen and oxygen atoms in total. The molecule has 0 spiro atoms. The van der Waals surface area contributed by atoms with Crippen molar-refractivity contribution >= 4 is 10.0 Å². The van der Waals surface area contributed by atoms with Crippen molar-refractivity contribution < 1.29 is 8.42 Å². The third kappa shape index (κ3) is 3.93. The Bertz CT molecular complexity index is 654. The fourth-order valence-electron chi connectivity index (χ4n) is 2.22. The maximum absolute atomic E-state index is 12.4. The number of benzene rings is 2. The summed E-state index contributed by atoms with van der Waals surface area (Å²) in [5, 5.41) is 0. The van der Waals surface area contributed by atoms with E-state index in [0.717, 1.165) is 6.42 Å². The molecule has 2 aromatic rings. The third-order valence-electron chi connectivity index (χ3n) is 3.70. The predicted molar refractivity (Wildman–Crippen MR) is 85.7 cm³/mol. The Balaban J connectivity index is 2.00. The van der Waals surface area contributed by atoms with Crippen LogP contribution in [0.15, 0.2) is 65.6 Å². The summed E-state index contributed by atoms with van der Waals surface area (Å²) < 4.78 is 26.2. The highest BCUT2D eigenvalue weighted by Gasteiger charge is 2.20. The first-order valence-electron chi connectivity index (χ1n) is 7.08. The highest BCUT2D eigenvalue weighted by Crippen LogP contribution is 2.20. The minimum Gasteiger partial charge on any atom is -0.207 e. The summed E-state index contributed by atoms with van der Waals surface area (Å²) in [5.74, 6) is 0.333. The molecule has 2 aromatic carbocycles. The van der Waals surface area contributed by atoms with E-state index in [9.17, 15) is 8.42 Å². The molecule has 0 saturated heterocycles. The van der Waals surface area contributed by atoms with Crippen LogP contribution in [-0.4, -0.2) is 26.3 Å². The molecule has 0 bridgehead atoms. The van der Waals surface area contributed by atoms with Gasteiger partial charge in [-0.3, -0.25) is 0 Å². The predicted octanol–water partition coefficient (Wildman–Crippen LogP) is 3.50. The van der Waals surface area contributed by atoms with Gasteiger partial charge >= 0.3 is 0 Å². The first-order chi connectivity index (χ1) is 10.0. The zero-order valence-electron chi connectivity index (χ0n) is 12.4. The second-order valence-electron chi connectivity index (χ2n) is 5.24. The smallest absolute Gasteiger partial charge is 0.207 e. The Labute approximate surface area is 127 Å². The van der Waals surface area contributed by atoms with Gasteiger partial charge < -0.3 is 0 Å². The highest BCUT2D eigenvalue weighted by molar-refractivity contribution is 7.89. The Morgan fingerprint density at radius 3 is 2.05 bits per heavy atom. The van der Waals surface area contributed by atoms with Crippen LogP contribution in [0.3, 0.4) is 0 Å². The first-order valence-corrected chi connectivity index (χ1v) is 8.52. The molecule has 112 valence electrons. The van der Waals surface area contributed by atoms with Crippen molar-refractivity contribution in [2.75, 3.05) is 13.6 Å². The summed E-state index contributed by atoms with van der Waals surface area (Å²) in [6.45, 7) is 2.63. The molecule has 0 saturated carbocycles. The van der Waals surface area contributed by atoms with E-state index in [-0.39, 0.29) is 0 Å². The van der Waals surface area contributed by atoms with E-state index in [1.54, 1.807) is 31.3 Å². The molecule has 0 aliphatic carbocycles. The topological polar surface area (TPSA) is 37.4 Å². The summed E-state index contributed by atoms with van der Waals surface area (Å²) in [5.41, 5.74) is 1.24. The number of sulfonamides is 1.